The van der Waals surface area contributed by atoms with Gasteiger partial charge in [0.15, 0.2) is 5.69 Å². The molecule has 1 aliphatic heterocycles. The van der Waals surface area contributed by atoms with E-state index in [4.69, 9.17) is 5.73 Å². The Labute approximate surface area is 122 Å². The Morgan fingerprint density at radius 3 is 2.35 bits per heavy atom. The number of aromatic nitrogens is 2. The number of amides is 1. The molecule has 2 rings (SSSR count). The summed E-state index contributed by atoms with van der Waals surface area (Å²) < 4.78 is 2.15. The zero-order chi connectivity index (χ0) is 15.3. The van der Waals surface area contributed by atoms with E-state index in [-0.39, 0.29) is 0 Å². The van der Waals surface area contributed by atoms with Crippen LogP contribution >= 0.6 is 0 Å². The van der Waals surface area contributed by atoms with Gasteiger partial charge < -0.3 is 10.3 Å². The summed E-state index contributed by atoms with van der Waals surface area (Å²) in [6, 6.07) is 0.476. The van der Waals surface area contributed by atoms with Crippen LogP contribution in [0.25, 0.3) is 0 Å². The molecule has 0 spiro atoms. The first-order valence-electron chi connectivity index (χ1n) is 7.58. The predicted molar refractivity (Wildman–Crippen MR) is 81.6 cm³/mol. The third-order valence-electron chi connectivity index (χ3n) is 3.40. The molecule has 0 saturated carbocycles. The van der Waals surface area contributed by atoms with Crippen molar-refractivity contribution in [3.63, 3.8) is 0 Å². The molecule has 114 valence electrons. The molecule has 2 N–H and O–H groups in total. The highest BCUT2D eigenvalue weighted by atomic mass is 16.1. The smallest absolute Gasteiger partial charge is 0.269 e. The lowest BCUT2D eigenvalue weighted by Crippen LogP contribution is -2.39. The van der Waals surface area contributed by atoms with Crippen molar-refractivity contribution < 1.29 is 4.79 Å². The first kappa shape index (κ1) is 16.7. The molecule has 1 aliphatic rings. The minimum Gasteiger partial charge on any atom is -0.364 e. The lowest BCUT2D eigenvalue weighted by molar-refractivity contribution is 0.0990. The molecule has 5 heteroatoms. The fraction of sp³-hybridized carbons (Fsp3) is 0.733. The second-order valence-electron chi connectivity index (χ2n) is 5.46. The number of aryl methyl sites for hydroxylation is 1. The molecule has 20 heavy (non-hydrogen) atoms. The van der Waals surface area contributed by atoms with Crippen LogP contribution in [-0.4, -0.2) is 32.9 Å². The van der Waals surface area contributed by atoms with Gasteiger partial charge in [0.2, 0.25) is 0 Å². The maximum absolute atomic E-state index is 11.4. The van der Waals surface area contributed by atoms with Gasteiger partial charge in [0.25, 0.3) is 5.91 Å². The van der Waals surface area contributed by atoms with Gasteiger partial charge in [0.1, 0.15) is 5.82 Å². The number of rotatable bonds is 3. The summed E-state index contributed by atoms with van der Waals surface area (Å²) in [5.74, 6) is 0.552. The minimum absolute atomic E-state index is 0.418. The van der Waals surface area contributed by atoms with E-state index >= 15 is 0 Å². The number of nitrogens with zero attached hydrogens (tertiary/aromatic N) is 3. The summed E-state index contributed by atoms with van der Waals surface area (Å²) in [6.45, 7) is 13.3. The Balaban J connectivity index is 0.000000612. The maximum atomic E-state index is 11.4. The van der Waals surface area contributed by atoms with Crippen molar-refractivity contribution in [2.24, 2.45) is 5.73 Å². The predicted octanol–water partition coefficient (Wildman–Crippen LogP) is 2.18. The lowest BCUT2D eigenvalue weighted by Gasteiger charge is -2.32. The van der Waals surface area contributed by atoms with Gasteiger partial charge in [-0.3, -0.25) is 9.69 Å². The molecule has 0 saturated heterocycles. The van der Waals surface area contributed by atoms with E-state index in [0.29, 0.717) is 11.7 Å². The topological polar surface area (TPSA) is 64.1 Å². The molecule has 0 bridgehead atoms. The van der Waals surface area contributed by atoms with Crippen molar-refractivity contribution in [2.75, 3.05) is 6.54 Å². The van der Waals surface area contributed by atoms with E-state index in [9.17, 15) is 4.79 Å². The summed E-state index contributed by atoms with van der Waals surface area (Å²) in [7, 11) is 0. The number of hydrogen-bond donors (Lipinski definition) is 1. The summed E-state index contributed by atoms with van der Waals surface area (Å²) in [6.07, 6.45) is 2.09. The van der Waals surface area contributed by atoms with Gasteiger partial charge in [-0.15, -0.1) is 0 Å². The van der Waals surface area contributed by atoms with Crippen molar-refractivity contribution >= 4 is 5.91 Å². The molecule has 1 aromatic rings. The van der Waals surface area contributed by atoms with Crippen molar-refractivity contribution in [1.29, 1.82) is 0 Å². The Morgan fingerprint density at radius 2 is 1.90 bits per heavy atom. The van der Waals surface area contributed by atoms with Gasteiger partial charge in [0, 0.05) is 32.1 Å². The summed E-state index contributed by atoms with van der Waals surface area (Å²) >= 11 is 0. The second kappa shape index (κ2) is 7.43. The van der Waals surface area contributed by atoms with Crippen LogP contribution in [0, 0.1) is 0 Å². The Morgan fingerprint density at radius 1 is 1.30 bits per heavy atom. The molecular weight excluding hydrogens is 252 g/mol. The molecule has 2 heterocycles. The van der Waals surface area contributed by atoms with E-state index in [1.165, 1.54) is 6.42 Å². The van der Waals surface area contributed by atoms with E-state index in [0.717, 1.165) is 37.6 Å². The number of hydrogen-bond acceptors (Lipinski definition) is 3. The highest BCUT2D eigenvalue weighted by molar-refractivity contribution is 5.92. The van der Waals surface area contributed by atoms with Gasteiger partial charge in [-0.2, -0.15) is 0 Å². The zero-order valence-electron chi connectivity index (χ0n) is 13.4. The van der Waals surface area contributed by atoms with Crippen LogP contribution in [-0.2, 0) is 19.5 Å². The van der Waals surface area contributed by atoms with Gasteiger partial charge in [-0.25, -0.2) is 4.98 Å². The van der Waals surface area contributed by atoms with Gasteiger partial charge in [-0.1, -0.05) is 27.2 Å². The number of imidazole rings is 1. The molecule has 1 amide bonds. The first-order valence-corrected chi connectivity index (χ1v) is 7.58. The van der Waals surface area contributed by atoms with Crippen molar-refractivity contribution in [3.8, 4) is 0 Å². The summed E-state index contributed by atoms with van der Waals surface area (Å²) in [5, 5.41) is 0. The summed E-state index contributed by atoms with van der Waals surface area (Å²) in [5.41, 5.74) is 6.83. The molecule has 0 aliphatic carbocycles. The van der Waals surface area contributed by atoms with E-state index < -0.39 is 5.91 Å². The van der Waals surface area contributed by atoms with Crippen LogP contribution in [0.15, 0.2) is 0 Å². The highest BCUT2D eigenvalue weighted by Crippen LogP contribution is 2.20. The molecule has 0 atom stereocenters. The third kappa shape index (κ3) is 3.60. The van der Waals surface area contributed by atoms with Gasteiger partial charge in [0.05, 0.1) is 5.69 Å². The summed E-state index contributed by atoms with van der Waals surface area (Å²) in [4.78, 5) is 18.1. The quantitative estimate of drug-likeness (QED) is 0.923. The Hall–Kier alpha value is -1.36. The average Bonchev–Trinajstić information content (AvgIpc) is 2.77. The van der Waals surface area contributed by atoms with Crippen LogP contribution in [0.4, 0.5) is 0 Å². The zero-order valence-corrected chi connectivity index (χ0v) is 13.4. The molecule has 1 aromatic heterocycles. The first-order chi connectivity index (χ1) is 9.46. The highest BCUT2D eigenvalue weighted by Gasteiger charge is 2.26. The van der Waals surface area contributed by atoms with Crippen LogP contribution in [0.3, 0.4) is 0 Å². The maximum Gasteiger partial charge on any atom is 0.269 e. The molecule has 0 radical (unpaired) electrons. The normalized spacial score (nSPS) is 14.7. The van der Waals surface area contributed by atoms with Crippen LogP contribution in [0.1, 0.15) is 63.0 Å². The van der Waals surface area contributed by atoms with Gasteiger partial charge in [-0.05, 0) is 13.8 Å². The fourth-order valence-electron chi connectivity index (χ4n) is 2.37. The molecule has 0 unspecified atom stereocenters. The van der Waals surface area contributed by atoms with E-state index in [2.05, 4.69) is 49.1 Å². The van der Waals surface area contributed by atoms with Crippen LogP contribution < -0.4 is 5.73 Å². The molecular formula is C15H28N4O. The van der Waals surface area contributed by atoms with Crippen LogP contribution in [0.2, 0.25) is 0 Å². The molecule has 0 aromatic carbocycles. The van der Waals surface area contributed by atoms with E-state index in [1.807, 2.05) is 0 Å². The number of primary amides is 1. The average molecular weight is 280 g/mol. The van der Waals surface area contributed by atoms with Gasteiger partial charge >= 0.3 is 0 Å². The molecule has 0 fully saturated rings. The third-order valence-corrected chi connectivity index (χ3v) is 3.40. The lowest BCUT2D eigenvalue weighted by atomic mass is 10.2. The fourth-order valence-corrected chi connectivity index (χ4v) is 2.37. The van der Waals surface area contributed by atoms with Crippen molar-refractivity contribution in [1.82, 2.24) is 14.5 Å². The number of carbonyl (C=O) groups excluding carboxylic acids is 1. The number of carbonyl (C=O) groups is 1. The second-order valence-corrected chi connectivity index (χ2v) is 5.46. The monoisotopic (exact) mass is 280 g/mol. The minimum atomic E-state index is -0.418. The number of nitrogens with two attached hydrogens (primary N) is 1. The van der Waals surface area contributed by atoms with E-state index in [1.54, 1.807) is 0 Å². The Kier molecular flexibility index (Phi) is 6.20. The SMILES string of the molecule is CCC.CCc1nc(C(N)=O)c2n1CCN(C(C)C)C2. The molecule has 5 nitrogen and oxygen atoms in total. The largest absolute Gasteiger partial charge is 0.364 e. The van der Waals surface area contributed by atoms with Crippen molar-refractivity contribution in [2.45, 2.75) is 66.6 Å². The Bertz CT molecular complexity index is 451. The number of fused-ring (bicyclic) bond motifs is 1. The standard InChI is InChI=1S/C12H20N4O.C3H8/c1-4-10-14-11(12(13)17)9-7-15(8(2)3)5-6-16(9)10;1-3-2/h8H,4-7H2,1-3H3,(H2,13,17);3H2,1-2H3. The van der Waals surface area contributed by atoms with Crippen LogP contribution in [0.5, 0.6) is 0 Å². The van der Waals surface area contributed by atoms with Crippen molar-refractivity contribution in [3.05, 3.63) is 17.2 Å².